The van der Waals surface area contributed by atoms with Crippen LogP contribution in [-0.2, 0) is 9.59 Å². The van der Waals surface area contributed by atoms with Gasteiger partial charge in [-0.05, 0) is 73.1 Å². The lowest BCUT2D eigenvalue weighted by Gasteiger charge is -2.27. The molecular formula is C19H38N4O2. The van der Waals surface area contributed by atoms with Gasteiger partial charge in [0.25, 0.3) is 0 Å². The van der Waals surface area contributed by atoms with Crippen LogP contribution in [0.25, 0.3) is 0 Å². The highest BCUT2D eigenvalue weighted by molar-refractivity contribution is 5.87. The number of carbonyl (C=O) groups is 2. The summed E-state index contributed by atoms with van der Waals surface area (Å²) in [6.07, 6.45) is 3.53. The van der Waals surface area contributed by atoms with Crippen LogP contribution in [0.4, 0.5) is 0 Å². The van der Waals surface area contributed by atoms with Crippen molar-refractivity contribution in [1.82, 2.24) is 20.4 Å². The molecule has 0 rings (SSSR count). The van der Waals surface area contributed by atoms with E-state index in [9.17, 15) is 9.59 Å². The molecule has 0 saturated heterocycles. The minimum Gasteiger partial charge on any atom is -0.352 e. The number of amides is 2. The lowest BCUT2D eigenvalue weighted by atomic mass is 10.0. The smallest absolute Gasteiger partial charge is 0.243 e. The fraction of sp³-hybridized carbons (Fsp3) is 0.684. The summed E-state index contributed by atoms with van der Waals surface area (Å²) in [5.41, 5.74) is -0.157. The zero-order valence-electron chi connectivity index (χ0n) is 17.2. The molecule has 0 fully saturated rings. The molecule has 0 bridgehead atoms. The Morgan fingerprint density at radius 2 is 1.56 bits per heavy atom. The summed E-state index contributed by atoms with van der Waals surface area (Å²) in [4.78, 5) is 26.0. The maximum absolute atomic E-state index is 11.0. The molecule has 0 aromatic heterocycles. The number of nitrogens with zero attached hydrogens (tertiary/aromatic N) is 2. The van der Waals surface area contributed by atoms with Gasteiger partial charge in [0, 0.05) is 18.6 Å². The van der Waals surface area contributed by atoms with E-state index in [1.54, 1.807) is 0 Å². The lowest BCUT2D eigenvalue weighted by Crippen LogP contribution is -2.44. The van der Waals surface area contributed by atoms with Gasteiger partial charge in [-0.3, -0.25) is 9.59 Å². The fourth-order valence-electron chi connectivity index (χ4n) is 1.99. The molecule has 2 amide bonds. The maximum Gasteiger partial charge on any atom is 0.243 e. The molecule has 0 radical (unpaired) electrons. The standard InChI is InChI=1S/C10H20N2O.C9H18N2O/c1-6-9(13)11-10(2,3)7-8-12(4)5;1-5-9(12)10-6-8(2)7-11(3)4/h6H,1,7-8H2,2-5H3,(H,11,13);5,8H,1,6-7H2,2-4H3,(H,10,12). The van der Waals surface area contributed by atoms with Crippen molar-refractivity contribution >= 4 is 11.8 Å². The molecule has 1 unspecified atom stereocenters. The first-order chi connectivity index (χ1) is 11.4. The first-order valence-corrected chi connectivity index (χ1v) is 8.57. The molecule has 0 aliphatic rings. The Hall–Kier alpha value is -1.66. The summed E-state index contributed by atoms with van der Waals surface area (Å²) in [6.45, 7) is 15.6. The number of nitrogens with one attached hydrogen (secondary N) is 2. The van der Waals surface area contributed by atoms with E-state index in [4.69, 9.17) is 0 Å². The molecule has 0 aliphatic carbocycles. The van der Waals surface area contributed by atoms with Crippen LogP contribution in [0, 0.1) is 5.92 Å². The number of hydrogen-bond donors (Lipinski definition) is 2. The van der Waals surface area contributed by atoms with Gasteiger partial charge in [-0.1, -0.05) is 20.1 Å². The third-order valence-electron chi connectivity index (χ3n) is 3.32. The van der Waals surface area contributed by atoms with Crippen molar-refractivity contribution in [2.24, 2.45) is 5.92 Å². The highest BCUT2D eigenvalue weighted by Crippen LogP contribution is 2.08. The SMILES string of the molecule is C=CC(=O)NC(C)(C)CCN(C)C.C=CC(=O)NCC(C)CN(C)C. The van der Waals surface area contributed by atoms with Crippen molar-refractivity contribution in [2.45, 2.75) is 32.7 Å². The van der Waals surface area contributed by atoms with E-state index >= 15 is 0 Å². The highest BCUT2D eigenvalue weighted by atomic mass is 16.2. The van der Waals surface area contributed by atoms with Gasteiger partial charge in [0.1, 0.15) is 0 Å². The predicted molar refractivity (Wildman–Crippen MR) is 107 cm³/mol. The van der Waals surface area contributed by atoms with Crippen LogP contribution < -0.4 is 10.6 Å². The van der Waals surface area contributed by atoms with Crippen molar-refractivity contribution in [2.75, 3.05) is 47.8 Å². The van der Waals surface area contributed by atoms with Gasteiger partial charge in [0.2, 0.25) is 11.8 Å². The van der Waals surface area contributed by atoms with Crippen molar-refractivity contribution in [3.63, 3.8) is 0 Å². The Morgan fingerprint density at radius 1 is 1.04 bits per heavy atom. The number of hydrogen-bond acceptors (Lipinski definition) is 4. The molecule has 0 aromatic carbocycles. The van der Waals surface area contributed by atoms with E-state index in [1.807, 2.05) is 42.0 Å². The summed E-state index contributed by atoms with van der Waals surface area (Å²) >= 11 is 0. The summed E-state index contributed by atoms with van der Waals surface area (Å²) < 4.78 is 0. The summed E-state index contributed by atoms with van der Waals surface area (Å²) in [5, 5.41) is 5.63. The molecule has 0 saturated carbocycles. The van der Waals surface area contributed by atoms with Gasteiger partial charge in [0.15, 0.2) is 0 Å². The second-order valence-electron chi connectivity index (χ2n) is 7.45. The Morgan fingerprint density at radius 3 is 1.96 bits per heavy atom. The zero-order chi connectivity index (χ0) is 20.0. The molecule has 6 heteroatoms. The summed E-state index contributed by atoms with van der Waals surface area (Å²) in [5.74, 6) is 0.272. The van der Waals surface area contributed by atoms with Gasteiger partial charge in [0.05, 0.1) is 0 Å². The maximum atomic E-state index is 11.0. The van der Waals surface area contributed by atoms with E-state index in [0.29, 0.717) is 12.5 Å². The van der Waals surface area contributed by atoms with E-state index in [1.165, 1.54) is 12.2 Å². The fourth-order valence-corrected chi connectivity index (χ4v) is 1.99. The van der Waals surface area contributed by atoms with E-state index in [0.717, 1.165) is 19.5 Å². The van der Waals surface area contributed by atoms with E-state index < -0.39 is 0 Å². The predicted octanol–water partition coefficient (Wildman–Crippen LogP) is 1.51. The normalized spacial score (nSPS) is 12.0. The second-order valence-corrected chi connectivity index (χ2v) is 7.45. The third kappa shape index (κ3) is 18.5. The van der Waals surface area contributed by atoms with E-state index in [-0.39, 0.29) is 17.4 Å². The van der Waals surface area contributed by atoms with Crippen LogP contribution in [0.5, 0.6) is 0 Å². The lowest BCUT2D eigenvalue weighted by molar-refractivity contribution is -0.118. The van der Waals surface area contributed by atoms with Crippen molar-refractivity contribution in [3.05, 3.63) is 25.3 Å². The Kier molecular flexibility index (Phi) is 13.9. The molecule has 0 spiro atoms. The molecule has 2 N–H and O–H groups in total. The van der Waals surface area contributed by atoms with Crippen molar-refractivity contribution < 1.29 is 9.59 Å². The number of rotatable bonds is 10. The average Bonchev–Trinajstić information content (AvgIpc) is 2.50. The Labute approximate surface area is 154 Å². The minimum atomic E-state index is -0.157. The second kappa shape index (κ2) is 13.6. The Balaban J connectivity index is 0. The van der Waals surface area contributed by atoms with Crippen LogP contribution in [0.15, 0.2) is 25.3 Å². The molecule has 1 atom stereocenters. The Bertz CT molecular complexity index is 418. The molecular weight excluding hydrogens is 316 g/mol. The van der Waals surface area contributed by atoms with E-state index in [2.05, 4.69) is 40.5 Å². The van der Waals surface area contributed by atoms with Crippen LogP contribution in [-0.4, -0.2) is 75.0 Å². The molecule has 0 aromatic rings. The van der Waals surface area contributed by atoms with Gasteiger partial charge in [-0.25, -0.2) is 0 Å². The van der Waals surface area contributed by atoms with Crippen molar-refractivity contribution in [3.8, 4) is 0 Å². The van der Waals surface area contributed by atoms with Crippen LogP contribution in [0.3, 0.4) is 0 Å². The average molecular weight is 355 g/mol. The number of carbonyl (C=O) groups excluding carboxylic acids is 2. The molecule has 6 nitrogen and oxygen atoms in total. The molecule has 25 heavy (non-hydrogen) atoms. The molecule has 0 heterocycles. The van der Waals surface area contributed by atoms with Crippen molar-refractivity contribution in [1.29, 1.82) is 0 Å². The largest absolute Gasteiger partial charge is 0.352 e. The van der Waals surface area contributed by atoms with Gasteiger partial charge in [-0.15, -0.1) is 0 Å². The van der Waals surface area contributed by atoms with Crippen LogP contribution in [0.2, 0.25) is 0 Å². The first kappa shape index (κ1) is 25.6. The third-order valence-corrected chi connectivity index (χ3v) is 3.32. The zero-order valence-corrected chi connectivity index (χ0v) is 17.2. The minimum absolute atomic E-state index is 0.0967. The van der Waals surface area contributed by atoms with Crippen LogP contribution in [0.1, 0.15) is 27.2 Å². The van der Waals surface area contributed by atoms with Crippen LogP contribution >= 0.6 is 0 Å². The van der Waals surface area contributed by atoms with Gasteiger partial charge < -0.3 is 20.4 Å². The monoisotopic (exact) mass is 354 g/mol. The molecule has 146 valence electrons. The summed E-state index contributed by atoms with van der Waals surface area (Å²) in [6, 6.07) is 0. The van der Waals surface area contributed by atoms with Gasteiger partial charge in [-0.2, -0.15) is 0 Å². The quantitative estimate of drug-likeness (QED) is 0.584. The van der Waals surface area contributed by atoms with Gasteiger partial charge >= 0.3 is 0 Å². The topological polar surface area (TPSA) is 64.7 Å². The first-order valence-electron chi connectivity index (χ1n) is 8.57. The summed E-state index contributed by atoms with van der Waals surface area (Å²) in [7, 11) is 8.08. The highest BCUT2D eigenvalue weighted by Gasteiger charge is 2.18. The molecule has 0 aliphatic heterocycles.